The zero-order valence-electron chi connectivity index (χ0n) is 16.6. The summed E-state index contributed by atoms with van der Waals surface area (Å²) in [5, 5.41) is 0. The first-order valence-electron chi connectivity index (χ1n) is 9.69. The quantitative estimate of drug-likeness (QED) is 0.724. The molecular formula is C20H26N4O4S. The lowest BCUT2D eigenvalue weighted by Crippen LogP contribution is -2.42. The van der Waals surface area contributed by atoms with Crippen LogP contribution < -0.4 is 10.9 Å². The molecular weight excluding hydrogens is 392 g/mol. The third-order valence-corrected chi connectivity index (χ3v) is 6.94. The van der Waals surface area contributed by atoms with Crippen LogP contribution in [0.2, 0.25) is 0 Å². The highest BCUT2D eigenvalue weighted by atomic mass is 32.2. The second-order valence-electron chi connectivity index (χ2n) is 7.10. The Bertz CT molecular complexity index is 990. The van der Waals surface area contributed by atoms with E-state index in [9.17, 15) is 18.0 Å². The van der Waals surface area contributed by atoms with E-state index in [2.05, 4.69) is 10.9 Å². The molecule has 0 aliphatic carbocycles. The maximum absolute atomic E-state index is 12.8. The summed E-state index contributed by atoms with van der Waals surface area (Å²) < 4.78 is 28.5. The van der Waals surface area contributed by atoms with Crippen LogP contribution in [-0.2, 0) is 23.5 Å². The molecule has 1 saturated heterocycles. The van der Waals surface area contributed by atoms with Gasteiger partial charge in [0.25, 0.3) is 11.8 Å². The van der Waals surface area contributed by atoms with E-state index in [4.69, 9.17) is 0 Å². The Balaban J connectivity index is 1.67. The number of nitrogens with one attached hydrogen (secondary N) is 2. The Kier molecular flexibility index (Phi) is 6.39. The first kappa shape index (κ1) is 21.1. The molecule has 0 radical (unpaired) electrons. The number of rotatable bonds is 5. The van der Waals surface area contributed by atoms with Crippen LogP contribution in [0.1, 0.15) is 52.6 Å². The maximum Gasteiger partial charge on any atom is 0.286 e. The molecule has 2 amide bonds. The number of piperidine rings is 1. The van der Waals surface area contributed by atoms with Gasteiger partial charge in [-0.2, -0.15) is 4.31 Å². The summed E-state index contributed by atoms with van der Waals surface area (Å²) in [6, 6.07) is 8.41. The number of hydrazine groups is 1. The highest BCUT2D eigenvalue weighted by Crippen LogP contribution is 2.22. The molecule has 1 aromatic heterocycles. The third-order valence-electron chi connectivity index (χ3n) is 5.08. The molecule has 2 heterocycles. The van der Waals surface area contributed by atoms with Crippen LogP contribution in [0, 0.1) is 0 Å². The molecule has 156 valence electrons. The van der Waals surface area contributed by atoms with Crippen molar-refractivity contribution in [3.63, 3.8) is 0 Å². The minimum absolute atomic E-state index is 0.0773. The zero-order valence-corrected chi connectivity index (χ0v) is 17.5. The van der Waals surface area contributed by atoms with Gasteiger partial charge in [0.2, 0.25) is 10.0 Å². The predicted molar refractivity (Wildman–Crippen MR) is 109 cm³/mol. The second-order valence-corrected chi connectivity index (χ2v) is 9.03. The summed E-state index contributed by atoms with van der Waals surface area (Å²) in [6.07, 6.45) is 4.99. The fourth-order valence-corrected chi connectivity index (χ4v) is 4.89. The summed E-state index contributed by atoms with van der Waals surface area (Å²) in [5.41, 5.74) is 6.37. The van der Waals surface area contributed by atoms with Gasteiger partial charge in [-0.3, -0.25) is 20.4 Å². The Morgan fingerprint density at radius 1 is 1.00 bits per heavy atom. The van der Waals surface area contributed by atoms with Crippen LogP contribution >= 0.6 is 0 Å². The van der Waals surface area contributed by atoms with E-state index >= 15 is 0 Å². The molecule has 1 aromatic carbocycles. The first-order valence-corrected chi connectivity index (χ1v) is 11.1. The van der Waals surface area contributed by atoms with Gasteiger partial charge in [-0.1, -0.05) is 25.5 Å². The normalized spacial score (nSPS) is 15.1. The highest BCUT2D eigenvalue weighted by Gasteiger charge is 2.28. The molecule has 9 heteroatoms. The van der Waals surface area contributed by atoms with Crippen LogP contribution in [-0.4, -0.2) is 42.2 Å². The van der Waals surface area contributed by atoms with E-state index in [0.717, 1.165) is 31.2 Å². The summed E-state index contributed by atoms with van der Waals surface area (Å²) in [4.78, 5) is 24.7. The average molecular weight is 419 g/mol. The molecule has 2 aromatic rings. The van der Waals surface area contributed by atoms with Crippen molar-refractivity contribution in [1.29, 1.82) is 0 Å². The summed E-state index contributed by atoms with van der Waals surface area (Å²) >= 11 is 0. The zero-order chi connectivity index (χ0) is 21.0. The van der Waals surface area contributed by atoms with Gasteiger partial charge in [0.15, 0.2) is 0 Å². The van der Waals surface area contributed by atoms with Gasteiger partial charge in [0, 0.05) is 31.9 Å². The lowest BCUT2D eigenvalue weighted by atomic mass is 10.1. The number of aromatic nitrogens is 1. The van der Waals surface area contributed by atoms with E-state index in [-0.39, 0.29) is 10.6 Å². The smallest absolute Gasteiger partial charge is 0.286 e. The van der Waals surface area contributed by atoms with E-state index in [1.165, 1.54) is 21.1 Å². The van der Waals surface area contributed by atoms with Crippen molar-refractivity contribution in [2.45, 2.75) is 37.5 Å². The minimum atomic E-state index is -3.63. The van der Waals surface area contributed by atoms with Crippen molar-refractivity contribution < 1.29 is 18.0 Å². The number of amides is 2. The second kappa shape index (κ2) is 8.79. The van der Waals surface area contributed by atoms with E-state index < -0.39 is 21.8 Å². The van der Waals surface area contributed by atoms with E-state index in [1.54, 1.807) is 19.2 Å². The lowest BCUT2D eigenvalue weighted by molar-refractivity contribution is 0.0842. The van der Waals surface area contributed by atoms with Crippen molar-refractivity contribution in [2.24, 2.45) is 7.05 Å². The summed E-state index contributed by atoms with van der Waals surface area (Å²) in [5.74, 6) is -1.04. The number of sulfonamides is 1. The molecule has 8 nitrogen and oxygen atoms in total. The van der Waals surface area contributed by atoms with Gasteiger partial charge in [-0.15, -0.1) is 0 Å². The van der Waals surface area contributed by atoms with E-state index in [0.29, 0.717) is 18.7 Å². The van der Waals surface area contributed by atoms with E-state index in [1.807, 2.05) is 19.1 Å². The maximum atomic E-state index is 12.8. The standard InChI is InChI=1S/C20H26N4O4S/c1-3-15-7-9-16(10-8-15)19(25)21-22-20(26)18-13-17(14-23(18)2)29(27,28)24-11-5-4-6-12-24/h7-10,13-14H,3-6,11-12H2,1-2H3,(H,21,25)(H,22,26). The van der Waals surface area contributed by atoms with Crippen molar-refractivity contribution in [3.05, 3.63) is 53.3 Å². The fourth-order valence-electron chi connectivity index (χ4n) is 3.30. The first-order chi connectivity index (χ1) is 13.8. The van der Waals surface area contributed by atoms with Crippen LogP contribution in [0.4, 0.5) is 0 Å². The van der Waals surface area contributed by atoms with Gasteiger partial charge < -0.3 is 4.57 Å². The molecule has 1 aliphatic heterocycles. The van der Waals surface area contributed by atoms with Gasteiger partial charge in [0.1, 0.15) is 10.6 Å². The number of hydrogen-bond donors (Lipinski definition) is 2. The lowest BCUT2D eigenvalue weighted by Gasteiger charge is -2.25. The minimum Gasteiger partial charge on any atom is -0.345 e. The topological polar surface area (TPSA) is 101 Å². The molecule has 0 unspecified atom stereocenters. The van der Waals surface area contributed by atoms with Crippen molar-refractivity contribution in [1.82, 2.24) is 19.7 Å². The molecule has 1 fully saturated rings. The fraction of sp³-hybridized carbons (Fsp3) is 0.400. The molecule has 0 atom stereocenters. The Hall–Kier alpha value is -2.65. The number of nitrogens with zero attached hydrogens (tertiary/aromatic N) is 2. The number of aryl methyl sites for hydroxylation is 2. The Morgan fingerprint density at radius 2 is 1.62 bits per heavy atom. The van der Waals surface area contributed by atoms with Crippen LogP contribution in [0.3, 0.4) is 0 Å². The van der Waals surface area contributed by atoms with Crippen molar-refractivity contribution in [3.8, 4) is 0 Å². The van der Waals surface area contributed by atoms with Crippen molar-refractivity contribution >= 4 is 21.8 Å². The molecule has 2 N–H and O–H groups in total. The Morgan fingerprint density at radius 3 is 2.24 bits per heavy atom. The van der Waals surface area contributed by atoms with Crippen LogP contribution in [0.25, 0.3) is 0 Å². The van der Waals surface area contributed by atoms with Gasteiger partial charge >= 0.3 is 0 Å². The average Bonchev–Trinajstić information content (AvgIpc) is 3.15. The molecule has 0 bridgehead atoms. The number of hydrogen-bond acceptors (Lipinski definition) is 4. The molecule has 0 saturated carbocycles. The SMILES string of the molecule is CCc1ccc(C(=O)NNC(=O)c2cc(S(=O)(=O)N3CCCCC3)cn2C)cc1. The summed E-state index contributed by atoms with van der Waals surface area (Å²) in [7, 11) is -2.04. The molecule has 29 heavy (non-hydrogen) atoms. The van der Waals surface area contributed by atoms with Gasteiger partial charge in [-0.05, 0) is 43.0 Å². The van der Waals surface area contributed by atoms with Crippen LogP contribution in [0.5, 0.6) is 0 Å². The predicted octanol–water partition coefficient (Wildman–Crippen LogP) is 1.84. The number of carbonyl (C=O) groups is 2. The molecule has 3 rings (SSSR count). The molecule has 0 spiro atoms. The van der Waals surface area contributed by atoms with Gasteiger partial charge in [-0.25, -0.2) is 8.42 Å². The van der Waals surface area contributed by atoms with Crippen LogP contribution in [0.15, 0.2) is 41.4 Å². The Labute approximate surface area is 170 Å². The largest absolute Gasteiger partial charge is 0.345 e. The highest BCUT2D eigenvalue weighted by molar-refractivity contribution is 7.89. The van der Waals surface area contributed by atoms with Crippen molar-refractivity contribution in [2.75, 3.05) is 13.1 Å². The number of carbonyl (C=O) groups excluding carboxylic acids is 2. The van der Waals surface area contributed by atoms with Gasteiger partial charge in [0.05, 0.1) is 0 Å². The summed E-state index contributed by atoms with van der Waals surface area (Å²) in [6.45, 7) is 3.01. The molecule has 1 aliphatic rings. The monoisotopic (exact) mass is 418 g/mol. The third kappa shape index (κ3) is 4.68. The number of benzene rings is 1.